The average Bonchev–Trinajstić information content (AvgIpc) is 3.17. The lowest BCUT2D eigenvalue weighted by atomic mass is 10.1. The Bertz CT molecular complexity index is 1440. The minimum atomic E-state index is -3.82. The number of halogens is 4. The average molecular weight is 603 g/mol. The number of fused-ring (bicyclic) bond motifs is 1. The van der Waals surface area contributed by atoms with Gasteiger partial charge in [0.2, 0.25) is 10.0 Å². The summed E-state index contributed by atoms with van der Waals surface area (Å²) in [6, 6.07) is 16.2. The number of rotatable bonds is 8. The highest BCUT2D eigenvalue weighted by Gasteiger charge is 2.26. The highest BCUT2D eigenvalue weighted by Crippen LogP contribution is 2.33. The summed E-state index contributed by atoms with van der Waals surface area (Å²) >= 11 is 22.2. The van der Waals surface area contributed by atoms with Crippen LogP contribution in [0.2, 0.25) is 15.1 Å². The molecule has 0 radical (unpaired) electrons. The van der Waals surface area contributed by atoms with Crippen LogP contribution in [-0.4, -0.2) is 42.5 Å². The Balaban J connectivity index is 1.50. The first kappa shape index (κ1) is 25.3. The van der Waals surface area contributed by atoms with Crippen molar-refractivity contribution in [3.63, 3.8) is 0 Å². The quantitative estimate of drug-likeness (QED) is 0.224. The highest BCUT2D eigenvalue weighted by molar-refractivity contribution is 9.10. The Hall–Kier alpha value is -1.81. The molecule has 1 N–H and O–H groups in total. The van der Waals surface area contributed by atoms with E-state index >= 15 is 0 Å². The van der Waals surface area contributed by atoms with Gasteiger partial charge in [0.25, 0.3) is 0 Å². The second-order valence-electron chi connectivity index (χ2n) is 7.56. The van der Waals surface area contributed by atoms with E-state index in [-0.39, 0.29) is 21.5 Å². The standard InChI is InChI=1S/C23H20BrCl3N4O2S/c1-30(34(32,33)23-19(26)8-4-9-20(23)27)11-5-10-28-22-13-15(16-6-2-3-7-18(16)25)12-21-17(24)14-29-31(21)22/h2-4,6-9,12-14,28H,5,10-11H2,1H3. The third-order valence-electron chi connectivity index (χ3n) is 5.30. The molecule has 178 valence electrons. The third kappa shape index (κ3) is 5.08. The van der Waals surface area contributed by atoms with Gasteiger partial charge in [-0.05, 0) is 58.2 Å². The van der Waals surface area contributed by atoms with Crippen molar-refractivity contribution >= 4 is 72.1 Å². The van der Waals surface area contributed by atoms with Crippen LogP contribution in [0.1, 0.15) is 6.42 Å². The molecule has 4 rings (SSSR count). The molecule has 4 aromatic rings. The van der Waals surface area contributed by atoms with Crippen molar-refractivity contribution in [3.05, 3.63) is 80.3 Å². The van der Waals surface area contributed by atoms with E-state index < -0.39 is 10.0 Å². The summed E-state index contributed by atoms with van der Waals surface area (Å²) in [6.45, 7) is 0.779. The molecule has 2 aromatic carbocycles. The zero-order valence-electron chi connectivity index (χ0n) is 18.0. The van der Waals surface area contributed by atoms with Crippen molar-refractivity contribution < 1.29 is 8.42 Å². The normalized spacial score (nSPS) is 11.9. The number of hydrogen-bond donors (Lipinski definition) is 1. The van der Waals surface area contributed by atoms with E-state index in [0.29, 0.717) is 18.0 Å². The van der Waals surface area contributed by atoms with Gasteiger partial charge < -0.3 is 5.32 Å². The lowest BCUT2D eigenvalue weighted by Gasteiger charge is -2.19. The lowest BCUT2D eigenvalue weighted by Crippen LogP contribution is -2.29. The summed E-state index contributed by atoms with van der Waals surface area (Å²) in [5.74, 6) is 0.762. The number of anilines is 1. The Morgan fingerprint density at radius 3 is 2.41 bits per heavy atom. The molecule has 0 amide bonds. The number of pyridine rings is 1. The van der Waals surface area contributed by atoms with E-state index in [1.807, 2.05) is 36.4 Å². The van der Waals surface area contributed by atoms with E-state index in [0.717, 1.165) is 26.9 Å². The molecule has 2 heterocycles. The van der Waals surface area contributed by atoms with Crippen molar-refractivity contribution in [1.82, 2.24) is 13.9 Å². The number of benzene rings is 2. The zero-order chi connectivity index (χ0) is 24.5. The van der Waals surface area contributed by atoms with Crippen molar-refractivity contribution in [2.45, 2.75) is 11.3 Å². The zero-order valence-corrected chi connectivity index (χ0v) is 22.6. The van der Waals surface area contributed by atoms with E-state index in [9.17, 15) is 8.42 Å². The van der Waals surface area contributed by atoms with Crippen LogP contribution in [0.4, 0.5) is 5.82 Å². The topological polar surface area (TPSA) is 66.7 Å². The fourth-order valence-corrected chi connectivity index (χ4v) is 6.47. The maximum atomic E-state index is 13.0. The van der Waals surface area contributed by atoms with Crippen LogP contribution in [0.5, 0.6) is 0 Å². The van der Waals surface area contributed by atoms with Gasteiger partial charge in [0.15, 0.2) is 0 Å². The fourth-order valence-electron chi connectivity index (χ4n) is 3.56. The Kier molecular flexibility index (Phi) is 7.76. The van der Waals surface area contributed by atoms with Gasteiger partial charge in [0.05, 0.1) is 26.2 Å². The Labute approximate surface area is 221 Å². The molecule has 0 bridgehead atoms. The predicted octanol–water partition coefficient (Wildman–Crippen LogP) is 6.85. The monoisotopic (exact) mass is 600 g/mol. The molecule has 6 nitrogen and oxygen atoms in total. The van der Waals surface area contributed by atoms with Gasteiger partial charge in [-0.3, -0.25) is 0 Å². The molecule has 11 heteroatoms. The summed E-state index contributed by atoms with van der Waals surface area (Å²) in [5, 5.41) is 8.64. The third-order valence-corrected chi connectivity index (χ3v) is 9.05. The summed E-state index contributed by atoms with van der Waals surface area (Å²) in [7, 11) is -2.31. The first-order chi connectivity index (χ1) is 16.2. The van der Waals surface area contributed by atoms with E-state index in [4.69, 9.17) is 34.8 Å². The maximum Gasteiger partial charge on any atom is 0.245 e. The molecule has 0 saturated carbocycles. The second-order valence-corrected chi connectivity index (χ2v) is 11.6. The maximum absolute atomic E-state index is 13.0. The fraction of sp³-hybridized carbons (Fsp3) is 0.174. The van der Waals surface area contributed by atoms with Crippen molar-refractivity contribution in [1.29, 1.82) is 0 Å². The van der Waals surface area contributed by atoms with Crippen LogP contribution in [-0.2, 0) is 10.0 Å². The van der Waals surface area contributed by atoms with Crippen LogP contribution in [0.3, 0.4) is 0 Å². The number of nitrogens with zero attached hydrogens (tertiary/aromatic N) is 3. The first-order valence-corrected chi connectivity index (χ1v) is 13.6. The Morgan fingerprint density at radius 1 is 1.03 bits per heavy atom. The van der Waals surface area contributed by atoms with Crippen molar-refractivity contribution in [2.24, 2.45) is 0 Å². The van der Waals surface area contributed by atoms with Gasteiger partial charge in [-0.15, -0.1) is 0 Å². The molecule has 0 saturated heterocycles. The molecule has 34 heavy (non-hydrogen) atoms. The summed E-state index contributed by atoms with van der Waals surface area (Å²) in [4.78, 5) is -0.0793. The molecule has 0 fully saturated rings. The van der Waals surface area contributed by atoms with Crippen LogP contribution in [0.15, 0.2) is 70.2 Å². The van der Waals surface area contributed by atoms with Crippen LogP contribution in [0.25, 0.3) is 16.6 Å². The SMILES string of the molecule is CN(CCCNc1cc(-c2ccccc2Cl)cc2c(Br)cnn12)S(=O)(=O)c1c(Cl)cccc1Cl. The van der Waals surface area contributed by atoms with E-state index in [1.54, 1.807) is 16.8 Å². The molecule has 0 aliphatic carbocycles. The van der Waals surface area contributed by atoms with Gasteiger partial charge in [0, 0.05) is 30.7 Å². The summed E-state index contributed by atoms with van der Waals surface area (Å²) in [6.07, 6.45) is 2.27. The van der Waals surface area contributed by atoms with E-state index in [2.05, 4.69) is 26.3 Å². The molecular weight excluding hydrogens is 583 g/mol. The summed E-state index contributed by atoms with van der Waals surface area (Å²) < 4.78 is 29.8. The smallest absolute Gasteiger partial charge is 0.245 e. The van der Waals surface area contributed by atoms with Crippen molar-refractivity contribution in [3.8, 4) is 11.1 Å². The van der Waals surface area contributed by atoms with Gasteiger partial charge in [-0.2, -0.15) is 5.10 Å². The first-order valence-electron chi connectivity index (χ1n) is 10.3. The molecular formula is C23H20BrCl3N4O2S. The van der Waals surface area contributed by atoms with Gasteiger partial charge in [-0.1, -0.05) is 59.1 Å². The number of sulfonamides is 1. The number of aromatic nitrogens is 2. The number of hydrogen-bond acceptors (Lipinski definition) is 4. The van der Waals surface area contributed by atoms with Gasteiger partial charge in [0.1, 0.15) is 10.7 Å². The van der Waals surface area contributed by atoms with Crippen LogP contribution < -0.4 is 5.32 Å². The molecule has 0 aliphatic heterocycles. The largest absolute Gasteiger partial charge is 0.370 e. The minimum absolute atomic E-state index is 0.0793. The summed E-state index contributed by atoms with van der Waals surface area (Å²) in [5.41, 5.74) is 2.73. The van der Waals surface area contributed by atoms with Gasteiger partial charge in [-0.25, -0.2) is 17.2 Å². The van der Waals surface area contributed by atoms with Crippen molar-refractivity contribution in [2.75, 3.05) is 25.5 Å². The predicted molar refractivity (Wildman–Crippen MR) is 143 cm³/mol. The molecule has 2 aromatic heterocycles. The van der Waals surface area contributed by atoms with Crippen LogP contribution in [0, 0.1) is 0 Å². The lowest BCUT2D eigenvalue weighted by molar-refractivity contribution is 0.465. The molecule has 0 atom stereocenters. The number of nitrogens with one attached hydrogen (secondary N) is 1. The minimum Gasteiger partial charge on any atom is -0.370 e. The van der Waals surface area contributed by atoms with Gasteiger partial charge >= 0.3 is 0 Å². The Morgan fingerprint density at radius 2 is 1.71 bits per heavy atom. The molecule has 0 unspecified atom stereocenters. The molecule has 0 spiro atoms. The van der Waals surface area contributed by atoms with Crippen LogP contribution >= 0.6 is 50.7 Å². The molecule has 0 aliphatic rings. The highest BCUT2D eigenvalue weighted by atomic mass is 79.9. The second kappa shape index (κ2) is 10.4. The van der Waals surface area contributed by atoms with E-state index in [1.165, 1.54) is 23.5 Å².